The van der Waals surface area contributed by atoms with Crippen molar-refractivity contribution in [1.29, 1.82) is 0 Å². The minimum atomic E-state index is -4.58. The minimum Gasteiger partial charge on any atom is -0.321 e. The summed E-state index contributed by atoms with van der Waals surface area (Å²) >= 11 is 8.55. The summed E-state index contributed by atoms with van der Waals surface area (Å²) in [4.78, 5) is 15.6. The molecule has 110 valence electrons. The van der Waals surface area contributed by atoms with Gasteiger partial charge in [0, 0.05) is 10.7 Å². The maximum Gasteiger partial charge on any atom is 0.418 e. The molecule has 1 N–H and O–H groups in total. The Morgan fingerprint density at radius 3 is 2.52 bits per heavy atom. The number of benzene rings is 1. The van der Waals surface area contributed by atoms with E-state index in [9.17, 15) is 18.0 Å². The molecule has 3 nitrogen and oxygen atoms in total. The molecule has 0 aliphatic heterocycles. The van der Waals surface area contributed by atoms with Gasteiger partial charge in [0.1, 0.15) is 5.15 Å². The van der Waals surface area contributed by atoms with E-state index >= 15 is 0 Å². The number of aromatic nitrogens is 1. The van der Waals surface area contributed by atoms with Crippen LogP contribution in [0.25, 0.3) is 0 Å². The van der Waals surface area contributed by atoms with Crippen molar-refractivity contribution in [3.05, 3.63) is 57.3 Å². The van der Waals surface area contributed by atoms with Crippen molar-refractivity contribution in [1.82, 2.24) is 4.98 Å². The number of hydrogen-bond donors (Lipinski definition) is 1. The van der Waals surface area contributed by atoms with E-state index < -0.39 is 17.6 Å². The van der Waals surface area contributed by atoms with Crippen LogP contribution in [0.15, 0.2) is 41.0 Å². The first-order valence-electron chi connectivity index (χ1n) is 5.57. The Kier molecular flexibility index (Phi) is 4.53. The van der Waals surface area contributed by atoms with Gasteiger partial charge < -0.3 is 5.32 Å². The molecule has 0 spiro atoms. The lowest BCUT2D eigenvalue weighted by molar-refractivity contribution is -0.136. The smallest absolute Gasteiger partial charge is 0.321 e. The molecule has 0 saturated heterocycles. The number of anilines is 1. The van der Waals surface area contributed by atoms with Crippen molar-refractivity contribution in [2.75, 3.05) is 5.32 Å². The Balaban J connectivity index is 2.31. The molecule has 1 amide bonds. The highest BCUT2D eigenvalue weighted by Crippen LogP contribution is 2.36. The van der Waals surface area contributed by atoms with E-state index in [1.165, 1.54) is 30.5 Å². The number of alkyl halides is 3. The van der Waals surface area contributed by atoms with E-state index in [1.54, 1.807) is 0 Å². The monoisotopic (exact) mass is 378 g/mol. The highest BCUT2D eigenvalue weighted by atomic mass is 79.9. The molecule has 0 radical (unpaired) electrons. The zero-order chi connectivity index (χ0) is 15.6. The maximum absolute atomic E-state index is 12.9. The number of nitrogens with one attached hydrogen (secondary N) is 1. The van der Waals surface area contributed by atoms with Crippen molar-refractivity contribution in [2.24, 2.45) is 0 Å². The largest absolute Gasteiger partial charge is 0.418 e. The lowest BCUT2D eigenvalue weighted by Gasteiger charge is -2.14. The topological polar surface area (TPSA) is 42.0 Å². The highest BCUT2D eigenvalue weighted by molar-refractivity contribution is 9.10. The summed E-state index contributed by atoms with van der Waals surface area (Å²) in [6, 6.07) is 6.23. The molecule has 0 unspecified atom stereocenters. The zero-order valence-corrected chi connectivity index (χ0v) is 12.6. The minimum absolute atomic E-state index is 0.107. The Hall–Kier alpha value is -1.60. The highest BCUT2D eigenvalue weighted by Gasteiger charge is 2.34. The molecule has 0 atom stereocenters. The molecule has 8 heteroatoms. The van der Waals surface area contributed by atoms with Gasteiger partial charge in [0.15, 0.2) is 0 Å². The first-order chi connectivity index (χ1) is 9.77. The fraction of sp³-hybridized carbons (Fsp3) is 0.0769. The van der Waals surface area contributed by atoms with E-state index in [1.807, 2.05) is 0 Å². The number of amides is 1. The summed E-state index contributed by atoms with van der Waals surface area (Å²) in [6.45, 7) is 0. The second kappa shape index (κ2) is 6.03. The summed E-state index contributed by atoms with van der Waals surface area (Å²) < 4.78 is 39.1. The standard InChI is InChI=1S/C13H7BrClF3N2O/c14-8-2-3-10(9(5-8)13(16,17)18)20-12(21)7-1-4-11(15)19-6-7/h1-6H,(H,20,21). The molecule has 0 saturated carbocycles. The van der Waals surface area contributed by atoms with Gasteiger partial charge >= 0.3 is 6.18 Å². The molecule has 1 heterocycles. The molecule has 0 bridgehead atoms. The number of carbonyl (C=O) groups excluding carboxylic acids is 1. The second-order valence-corrected chi connectivity index (χ2v) is 5.31. The van der Waals surface area contributed by atoms with E-state index in [0.29, 0.717) is 0 Å². The van der Waals surface area contributed by atoms with Crippen LogP contribution < -0.4 is 5.32 Å². The molecule has 1 aromatic heterocycles. The van der Waals surface area contributed by atoms with Crippen molar-refractivity contribution in [3.63, 3.8) is 0 Å². The zero-order valence-electron chi connectivity index (χ0n) is 10.2. The predicted molar refractivity (Wildman–Crippen MR) is 76.3 cm³/mol. The SMILES string of the molecule is O=C(Nc1ccc(Br)cc1C(F)(F)F)c1ccc(Cl)nc1. The third-order valence-corrected chi connectivity index (χ3v) is 3.24. The van der Waals surface area contributed by atoms with Crippen LogP contribution in [0.5, 0.6) is 0 Å². The molecule has 0 aliphatic rings. The van der Waals surface area contributed by atoms with Crippen LogP contribution in [0.1, 0.15) is 15.9 Å². The van der Waals surface area contributed by atoms with Gasteiger partial charge in [-0.05, 0) is 30.3 Å². The first-order valence-corrected chi connectivity index (χ1v) is 6.74. The summed E-state index contributed by atoms with van der Waals surface area (Å²) in [5.74, 6) is -0.702. The van der Waals surface area contributed by atoms with Crippen molar-refractivity contribution in [2.45, 2.75) is 6.18 Å². The number of pyridine rings is 1. The van der Waals surface area contributed by atoms with Crippen molar-refractivity contribution < 1.29 is 18.0 Å². The third kappa shape index (κ3) is 3.95. The van der Waals surface area contributed by atoms with Crippen LogP contribution in [-0.2, 0) is 6.18 Å². The van der Waals surface area contributed by atoms with Crippen LogP contribution in [0.2, 0.25) is 5.15 Å². The van der Waals surface area contributed by atoms with Crippen molar-refractivity contribution >= 4 is 39.1 Å². The van der Waals surface area contributed by atoms with Gasteiger partial charge in [0.2, 0.25) is 0 Å². The van der Waals surface area contributed by atoms with Crippen LogP contribution in [0, 0.1) is 0 Å². The van der Waals surface area contributed by atoms with Gasteiger partial charge in [-0.3, -0.25) is 4.79 Å². The van der Waals surface area contributed by atoms with Gasteiger partial charge in [-0.1, -0.05) is 27.5 Å². The van der Waals surface area contributed by atoms with Crippen LogP contribution in [0.4, 0.5) is 18.9 Å². The number of hydrogen-bond acceptors (Lipinski definition) is 2. The molecule has 21 heavy (non-hydrogen) atoms. The molecular formula is C13H7BrClF3N2O. The fourth-order valence-electron chi connectivity index (χ4n) is 1.56. The second-order valence-electron chi connectivity index (χ2n) is 4.01. The number of rotatable bonds is 2. The number of carbonyl (C=O) groups is 1. The summed E-state index contributed by atoms with van der Waals surface area (Å²) in [5, 5.41) is 2.40. The van der Waals surface area contributed by atoms with Crippen LogP contribution >= 0.6 is 27.5 Å². The molecule has 1 aromatic carbocycles. The van der Waals surface area contributed by atoms with Gasteiger partial charge in [-0.25, -0.2) is 4.98 Å². The molecule has 2 rings (SSSR count). The lowest BCUT2D eigenvalue weighted by Crippen LogP contribution is -2.16. The molecule has 0 fully saturated rings. The third-order valence-electron chi connectivity index (χ3n) is 2.52. The summed E-state index contributed by atoms with van der Waals surface area (Å²) in [5.41, 5.74) is -1.16. The Morgan fingerprint density at radius 1 is 1.24 bits per heavy atom. The van der Waals surface area contributed by atoms with Crippen molar-refractivity contribution in [3.8, 4) is 0 Å². The molecule has 0 aliphatic carbocycles. The Morgan fingerprint density at radius 2 is 1.95 bits per heavy atom. The normalized spacial score (nSPS) is 11.3. The van der Waals surface area contributed by atoms with E-state index in [0.717, 1.165) is 6.07 Å². The first kappa shape index (κ1) is 15.8. The quantitative estimate of drug-likeness (QED) is 0.764. The number of halogens is 5. The maximum atomic E-state index is 12.9. The summed E-state index contributed by atoms with van der Waals surface area (Å²) in [7, 11) is 0. The fourth-order valence-corrected chi connectivity index (χ4v) is 2.04. The Bertz CT molecular complexity index is 674. The van der Waals surface area contributed by atoms with Crippen LogP contribution in [0.3, 0.4) is 0 Å². The predicted octanol–water partition coefficient (Wildman–Crippen LogP) is 4.77. The van der Waals surface area contributed by atoms with Gasteiger partial charge in [-0.15, -0.1) is 0 Å². The van der Waals surface area contributed by atoms with Gasteiger partial charge in [0.05, 0.1) is 16.8 Å². The molecular weight excluding hydrogens is 373 g/mol. The van der Waals surface area contributed by atoms with Gasteiger partial charge in [0.25, 0.3) is 5.91 Å². The number of nitrogens with zero attached hydrogens (tertiary/aromatic N) is 1. The Labute approximate surface area is 131 Å². The lowest BCUT2D eigenvalue weighted by atomic mass is 10.1. The average molecular weight is 380 g/mol. The molecule has 2 aromatic rings. The summed E-state index contributed by atoms with van der Waals surface area (Å²) in [6.07, 6.45) is -3.39. The van der Waals surface area contributed by atoms with E-state index in [-0.39, 0.29) is 20.9 Å². The van der Waals surface area contributed by atoms with E-state index in [2.05, 4.69) is 26.2 Å². The van der Waals surface area contributed by atoms with Gasteiger partial charge in [-0.2, -0.15) is 13.2 Å². The van der Waals surface area contributed by atoms with E-state index in [4.69, 9.17) is 11.6 Å². The van der Waals surface area contributed by atoms with Crippen LogP contribution in [-0.4, -0.2) is 10.9 Å². The average Bonchev–Trinajstić information content (AvgIpc) is 2.40.